The van der Waals surface area contributed by atoms with Crippen molar-refractivity contribution in [2.24, 2.45) is 0 Å². The molecule has 0 fully saturated rings. The van der Waals surface area contributed by atoms with Gasteiger partial charge >= 0.3 is 5.88 Å². The van der Waals surface area contributed by atoms with Crippen LogP contribution in [-0.4, -0.2) is 4.98 Å². The maximum Gasteiger partial charge on any atom is 0.313 e. The number of ether oxygens (including phenoxy) is 1. The minimum atomic E-state index is -0.404. The van der Waals surface area contributed by atoms with Gasteiger partial charge in [0, 0.05) is 5.39 Å². The van der Waals surface area contributed by atoms with Crippen LogP contribution >= 0.6 is 11.6 Å². The minimum absolute atomic E-state index is 0.173. The molecule has 0 aliphatic heterocycles. The lowest BCUT2D eigenvalue weighted by atomic mass is 10.2. The van der Waals surface area contributed by atoms with Crippen LogP contribution in [-0.2, 0) is 5.11 Å². The van der Waals surface area contributed by atoms with Crippen LogP contribution in [0.15, 0.2) is 54.6 Å². The molecule has 0 saturated heterocycles. The van der Waals surface area contributed by atoms with Crippen molar-refractivity contribution in [2.75, 3.05) is 0 Å². The van der Waals surface area contributed by atoms with Crippen molar-refractivity contribution < 1.29 is 9.84 Å². The largest absolute Gasteiger partial charge is 0.450 e. The summed E-state index contributed by atoms with van der Waals surface area (Å²) in [5.74, 6) is 0.212. The second-order valence-corrected chi connectivity index (χ2v) is 4.42. The molecule has 3 nitrogen and oxygen atoms in total. The monoisotopic (exact) mass is 270 g/mol. The Morgan fingerprint density at radius 1 is 0.947 bits per heavy atom. The standard InChI is InChI=1S/C15H9ClNO2/c16-11-6-2-4-8-13(11)19-14-9-10-5-1-3-7-12(10)17-15(14)18/h1-9H. The molecular formula is C15H9ClNO2. The number of hydrogen-bond acceptors (Lipinski definition) is 2. The quantitative estimate of drug-likeness (QED) is 0.669. The predicted molar refractivity (Wildman–Crippen MR) is 73.4 cm³/mol. The van der Waals surface area contributed by atoms with Crippen LogP contribution in [0.3, 0.4) is 0 Å². The summed E-state index contributed by atoms with van der Waals surface area (Å²) < 4.78 is 5.54. The van der Waals surface area contributed by atoms with Crippen molar-refractivity contribution in [1.82, 2.24) is 4.98 Å². The zero-order valence-corrected chi connectivity index (χ0v) is 10.6. The van der Waals surface area contributed by atoms with Gasteiger partial charge in [-0.1, -0.05) is 41.9 Å². The second-order valence-electron chi connectivity index (χ2n) is 4.02. The second kappa shape index (κ2) is 4.78. The van der Waals surface area contributed by atoms with Gasteiger partial charge in [-0.05, 0) is 24.3 Å². The molecule has 1 radical (unpaired) electrons. The summed E-state index contributed by atoms with van der Waals surface area (Å²) in [4.78, 5) is 3.98. The van der Waals surface area contributed by atoms with Gasteiger partial charge < -0.3 is 4.74 Å². The Kier molecular flexibility index (Phi) is 2.97. The molecule has 4 heteroatoms. The molecule has 1 heterocycles. The van der Waals surface area contributed by atoms with Crippen LogP contribution < -0.4 is 4.74 Å². The summed E-state index contributed by atoms with van der Waals surface area (Å²) >= 11 is 6.00. The van der Waals surface area contributed by atoms with E-state index >= 15 is 0 Å². The van der Waals surface area contributed by atoms with Crippen molar-refractivity contribution in [3.63, 3.8) is 0 Å². The normalized spacial score (nSPS) is 10.6. The first kappa shape index (κ1) is 11.8. The van der Waals surface area contributed by atoms with Crippen molar-refractivity contribution in [3.8, 4) is 17.4 Å². The van der Waals surface area contributed by atoms with Crippen molar-refractivity contribution in [1.29, 1.82) is 0 Å². The molecule has 0 aliphatic carbocycles. The van der Waals surface area contributed by atoms with Crippen LogP contribution in [0, 0.1) is 0 Å². The summed E-state index contributed by atoms with van der Waals surface area (Å²) in [7, 11) is 0. The van der Waals surface area contributed by atoms with Gasteiger partial charge in [0.05, 0.1) is 10.5 Å². The van der Waals surface area contributed by atoms with Gasteiger partial charge in [-0.15, -0.1) is 0 Å². The van der Waals surface area contributed by atoms with Crippen LogP contribution in [0.1, 0.15) is 0 Å². The Hall–Kier alpha value is -2.26. The maximum absolute atomic E-state index is 11.9. The molecule has 0 saturated carbocycles. The summed E-state index contributed by atoms with van der Waals surface area (Å²) in [5, 5.41) is 13.2. The highest BCUT2D eigenvalue weighted by molar-refractivity contribution is 6.32. The van der Waals surface area contributed by atoms with Crippen molar-refractivity contribution in [3.05, 3.63) is 59.6 Å². The third-order valence-corrected chi connectivity index (χ3v) is 3.02. The van der Waals surface area contributed by atoms with Gasteiger partial charge in [-0.2, -0.15) is 0 Å². The lowest BCUT2D eigenvalue weighted by molar-refractivity contribution is 0.314. The third kappa shape index (κ3) is 2.33. The smallest absolute Gasteiger partial charge is 0.313 e. The van der Waals surface area contributed by atoms with E-state index < -0.39 is 5.88 Å². The van der Waals surface area contributed by atoms with Crippen molar-refractivity contribution >= 4 is 22.5 Å². The number of hydrogen-bond donors (Lipinski definition) is 0. The fourth-order valence-electron chi connectivity index (χ4n) is 1.80. The van der Waals surface area contributed by atoms with Crippen LogP contribution in [0.25, 0.3) is 10.9 Å². The Bertz CT molecular complexity index is 743. The molecule has 0 aliphatic rings. The molecule has 0 bridgehead atoms. The van der Waals surface area contributed by atoms with Gasteiger partial charge in [-0.25, -0.2) is 4.98 Å². The van der Waals surface area contributed by atoms with E-state index in [1.165, 1.54) is 0 Å². The Morgan fingerprint density at radius 2 is 1.68 bits per heavy atom. The van der Waals surface area contributed by atoms with Crippen molar-refractivity contribution in [2.45, 2.75) is 0 Å². The Labute approximate surface area is 115 Å². The first-order valence-electron chi connectivity index (χ1n) is 5.73. The number of pyridine rings is 1. The Balaban J connectivity index is 2.06. The molecule has 0 N–H and O–H groups in total. The molecule has 3 rings (SSSR count). The van der Waals surface area contributed by atoms with Gasteiger partial charge in [0.15, 0.2) is 5.75 Å². The Morgan fingerprint density at radius 3 is 2.53 bits per heavy atom. The molecule has 3 aromatic rings. The highest BCUT2D eigenvalue weighted by atomic mass is 35.5. The highest BCUT2D eigenvalue weighted by Crippen LogP contribution is 2.35. The molecule has 1 aromatic heterocycles. The summed E-state index contributed by atoms with van der Waals surface area (Å²) in [5.41, 5.74) is 0.652. The SMILES string of the molecule is [O]c1nc2ccccc2cc1Oc1ccccc1Cl. The van der Waals surface area contributed by atoms with E-state index in [4.69, 9.17) is 16.3 Å². The summed E-state index contributed by atoms with van der Waals surface area (Å²) in [6.07, 6.45) is 0. The fraction of sp³-hybridized carbons (Fsp3) is 0. The molecule has 0 amide bonds. The molecule has 0 unspecified atom stereocenters. The first-order chi connectivity index (χ1) is 9.24. The van der Waals surface area contributed by atoms with E-state index in [-0.39, 0.29) is 5.75 Å². The number of aromatic nitrogens is 1. The zero-order valence-electron chi connectivity index (χ0n) is 9.84. The zero-order chi connectivity index (χ0) is 13.2. The van der Waals surface area contributed by atoms with Gasteiger partial charge in [0.1, 0.15) is 5.75 Å². The van der Waals surface area contributed by atoms with E-state index in [2.05, 4.69) is 4.98 Å². The summed E-state index contributed by atoms with van der Waals surface area (Å²) in [6, 6.07) is 16.1. The molecule has 0 spiro atoms. The first-order valence-corrected chi connectivity index (χ1v) is 6.11. The van der Waals surface area contributed by atoms with E-state index in [1.54, 1.807) is 36.4 Å². The number of fused-ring (bicyclic) bond motifs is 1. The summed E-state index contributed by atoms with van der Waals surface area (Å²) in [6.45, 7) is 0. The number of nitrogens with zero attached hydrogens (tertiary/aromatic N) is 1. The average Bonchev–Trinajstić information content (AvgIpc) is 2.42. The fourth-order valence-corrected chi connectivity index (χ4v) is 1.97. The topological polar surface area (TPSA) is 42.0 Å². The lowest BCUT2D eigenvalue weighted by Gasteiger charge is -2.08. The van der Waals surface area contributed by atoms with Crippen LogP contribution in [0.5, 0.6) is 17.4 Å². The minimum Gasteiger partial charge on any atom is -0.450 e. The number of para-hydroxylation sites is 2. The van der Waals surface area contributed by atoms with Crippen LogP contribution in [0.2, 0.25) is 5.02 Å². The lowest BCUT2D eigenvalue weighted by Crippen LogP contribution is -1.88. The number of benzene rings is 2. The predicted octanol–water partition coefficient (Wildman–Crippen LogP) is 4.82. The number of rotatable bonds is 2. The molecular weight excluding hydrogens is 262 g/mol. The molecule has 0 atom stereocenters. The van der Waals surface area contributed by atoms with Gasteiger partial charge in [0.25, 0.3) is 0 Å². The van der Waals surface area contributed by atoms with Crippen LogP contribution in [0.4, 0.5) is 0 Å². The van der Waals surface area contributed by atoms with E-state index in [9.17, 15) is 5.11 Å². The average molecular weight is 271 g/mol. The van der Waals surface area contributed by atoms with E-state index in [0.29, 0.717) is 16.3 Å². The van der Waals surface area contributed by atoms with Gasteiger partial charge in [0.2, 0.25) is 0 Å². The van der Waals surface area contributed by atoms with Gasteiger partial charge in [-0.3, -0.25) is 5.11 Å². The third-order valence-electron chi connectivity index (χ3n) is 2.71. The molecule has 93 valence electrons. The molecule has 19 heavy (non-hydrogen) atoms. The number of halogens is 1. The maximum atomic E-state index is 11.9. The van der Waals surface area contributed by atoms with E-state index in [1.807, 2.05) is 18.2 Å². The highest BCUT2D eigenvalue weighted by Gasteiger charge is 2.11. The molecule has 2 aromatic carbocycles. The van der Waals surface area contributed by atoms with E-state index in [0.717, 1.165) is 5.39 Å².